The Kier molecular flexibility index (Phi) is 6.56. The SMILES string of the molecule is CCNS(=O)(=O)c1ccc(CCC(=O)Nc2c(C)cc(C)cc2C)cc1. The highest BCUT2D eigenvalue weighted by molar-refractivity contribution is 7.89. The zero-order chi connectivity index (χ0) is 19.3. The highest BCUT2D eigenvalue weighted by Crippen LogP contribution is 2.22. The van der Waals surface area contributed by atoms with Gasteiger partial charge in [0, 0.05) is 18.7 Å². The van der Waals surface area contributed by atoms with Crippen molar-refractivity contribution in [1.29, 1.82) is 0 Å². The molecule has 0 saturated carbocycles. The molecule has 2 rings (SSSR count). The Balaban J connectivity index is 1.98. The van der Waals surface area contributed by atoms with Crippen LogP contribution in [-0.4, -0.2) is 20.9 Å². The number of hydrogen-bond donors (Lipinski definition) is 2. The summed E-state index contributed by atoms with van der Waals surface area (Å²) in [6.07, 6.45) is 0.892. The normalized spacial score (nSPS) is 11.4. The molecule has 1 amide bonds. The molecule has 0 heterocycles. The van der Waals surface area contributed by atoms with Crippen LogP contribution in [0.1, 0.15) is 35.6 Å². The summed E-state index contributed by atoms with van der Waals surface area (Å²) in [7, 11) is -3.44. The standard InChI is InChI=1S/C20H26N2O3S/c1-5-21-26(24,25)18-9-6-17(7-10-18)8-11-19(23)22-20-15(3)12-14(2)13-16(20)4/h6-7,9-10,12-13,21H,5,8,11H2,1-4H3,(H,22,23). The lowest BCUT2D eigenvalue weighted by Crippen LogP contribution is -2.23. The molecule has 0 bridgehead atoms. The largest absolute Gasteiger partial charge is 0.326 e. The molecular formula is C20H26N2O3S. The molecule has 2 aromatic carbocycles. The quantitative estimate of drug-likeness (QED) is 0.779. The molecule has 0 aromatic heterocycles. The zero-order valence-corrected chi connectivity index (χ0v) is 16.5. The molecule has 0 unspecified atom stereocenters. The Hall–Kier alpha value is -2.18. The number of hydrogen-bond acceptors (Lipinski definition) is 3. The average Bonchev–Trinajstić information content (AvgIpc) is 2.56. The van der Waals surface area contributed by atoms with E-state index in [9.17, 15) is 13.2 Å². The smallest absolute Gasteiger partial charge is 0.240 e. The van der Waals surface area contributed by atoms with Crippen molar-refractivity contribution in [3.05, 3.63) is 58.7 Å². The zero-order valence-electron chi connectivity index (χ0n) is 15.7. The van der Waals surface area contributed by atoms with Crippen molar-refractivity contribution in [3.8, 4) is 0 Å². The summed E-state index contributed by atoms with van der Waals surface area (Å²) in [4.78, 5) is 12.5. The average molecular weight is 375 g/mol. The van der Waals surface area contributed by atoms with Gasteiger partial charge in [0.1, 0.15) is 0 Å². The van der Waals surface area contributed by atoms with Crippen molar-refractivity contribution in [2.75, 3.05) is 11.9 Å². The minimum Gasteiger partial charge on any atom is -0.326 e. The van der Waals surface area contributed by atoms with Crippen molar-refractivity contribution >= 4 is 21.6 Å². The van der Waals surface area contributed by atoms with Gasteiger partial charge in [0.15, 0.2) is 0 Å². The van der Waals surface area contributed by atoms with E-state index >= 15 is 0 Å². The first kappa shape index (κ1) is 20.1. The monoisotopic (exact) mass is 374 g/mol. The molecule has 0 aliphatic heterocycles. The summed E-state index contributed by atoms with van der Waals surface area (Å²) in [5, 5.41) is 2.98. The van der Waals surface area contributed by atoms with Crippen LogP contribution in [0.3, 0.4) is 0 Å². The maximum atomic E-state index is 12.3. The van der Waals surface area contributed by atoms with Crippen LogP contribution < -0.4 is 10.0 Å². The first-order valence-electron chi connectivity index (χ1n) is 8.69. The molecule has 0 radical (unpaired) electrons. The number of anilines is 1. The van der Waals surface area contributed by atoms with Crippen LogP contribution in [0.5, 0.6) is 0 Å². The van der Waals surface area contributed by atoms with Gasteiger partial charge in [-0.2, -0.15) is 0 Å². The van der Waals surface area contributed by atoms with E-state index in [4.69, 9.17) is 0 Å². The Labute approximate surface area is 155 Å². The van der Waals surface area contributed by atoms with Crippen LogP contribution in [-0.2, 0) is 21.2 Å². The van der Waals surface area contributed by atoms with Gasteiger partial charge in [0.05, 0.1) is 4.90 Å². The molecule has 5 nitrogen and oxygen atoms in total. The molecule has 0 atom stereocenters. The van der Waals surface area contributed by atoms with Crippen LogP contribution in [0.2, 0.25) is 0 Å². The van der Waals surface area contributed by atoms with Crippen LogP contribution in [0.15, 0.2) is 41.3 Å². The number of rotatable bonds is 7. The minimum atomic E-state index is -3.44. The van der Waals surface area contributed by atoms with Crippen LogP contribution in [0, 0.1) is 20.8 Å². The summed E-state index contributed by atoms with van der Waals surface area (Å²) in [6.45, 7) is 8.09. The van der Waals surface area contributed by atoms with E-state index in [2.05, 4.69) is 10.0 Å². The number of carbonyl (C=O) groups is 1. The highest BCUT2D eigenvalue weighted by atomic mass is 32.2. The number of sulfonamides is 1. The maximum Gasteiger partial charge on any atom is 0.240 e. The van der Waals surface area contributed by atoms with E-state index in [1.54, 1.807) is 31.2 Å². The molecule has 0 spiro atoms. The van der Waals surface area contributed by atoms with E-state index in [-0.39, 0.29) is 10.8 Å². The molecular weight excluding hydrogens is 348 g/mol. The molecule has 140 valence electrons. The van der Waals surface area contributed by atoms with Crippen molar-refractivity contribution < 1.29 is 13.2 Å². The van der Waals surface area contributed by atoms with Gasteiger partial charge in [-0.25, -0.2) is 13.1 Å². The molecule has 0 fully saturated rings. The lowest BCUT2D eigenvalue weighted by molar-refractivity contribution is -0.116. The topological polar surface area (TPSA) is 75.3 Å². The molecule has 2 N–H and O–H groups in total. The van der Waals surface area contributed by atoms with E-state index in [0.717, 1.165) is 22.4 Å². The highest BCUT2D eigenvalue weighted by Gasteiger charge is 2.12. The minimum absolute atomic E-state index is 0.0515. The molecule has 6 heteroatoms. The van der Waals surface area contributed by atoms with Gasteiger partial charge in [-0.05, 0) is 56.0 Å². The third kappa shape index (κ3) is 5.16. The van der Waals surface area contributed by atoms with Crippen molar-refractivity contribution in [3.63, 3.8) is 0 Å². The van der Waals surface area contributed by atoms with E-state index in [1.807, 2.05) is 32.9 Å². The van der Waals surface area contributed by atoms with E-state index < -0.39 is 10.0 Å². The fourth-order valence-electron chi connectivity index (χ4n) is 2.95. The Morgan fingerprint density at radius 2 is 1.58 bits per heavy atom. The number of aryl methyl sites for hydroxylation is 4. The fraction of sp³-hybridized carbons (Fsp3) is 0.350. The third-order valence-electron chi connectivity index (χ3n) is 4.15. The Morgan fingerprint density at radius 3 is 2.12 bits per heavy atom. The lowest BCUT2D eigenvalue weighted by atomic mass is 10.0. The van der Waals surface area contributed by atoms with Crippen molar-refractivity contribution in [2.24, 2.45) is 0 Å². The second-order valence-electron chi connectivity index (χ2n) is 6.47. The lowest BCUT2D eigenvalue weighted by Gasteiger charge is -2.13. The summed E-state index contributed by atoms with van der Waals surface area (Å²) in [5.41, 5.74) is 5.06. The molecule has 0 aliphatic rings. The Bertz CT molecular complexity index is 865. The van der Waals surface area contributed by atoms with Gasteiger partial charge in [-0.3, -0.25) is 4.79 Å². The fourth-order valence-corrected chi connectivity index (χ4v) is 3.99. The second kappa shape index (κ2) is 8.47. The molecule has 0 aliphatic carbocycles. The maximum absolute atomic E-state index is 12.3. The van der Waals surface area contributed by atoms with Crippen LogP contribution in [0.4, 0.5) is 5.69 Å². The number of benzene rings is 2. The van der Waals surface area contributed by atoms with Gasteiger partial charge < -0.3 is 5.32 Å². The second-order valence-corrected chi connectivity index (χ2v) is 8.23. The number of amides is 1. The van der Waals surface area contributed by atoms with Gasteiger partial charge >= 0.3 is 0 Å². The van der Waals surface area contributed by atoms with Gasteiger partial charge in [0.25, 0.3) is 0 Å². The predicted octanol–water partition coefficient (Wildman–Crippen LogP) is 3.48. The summed E-state index contributed by atoms with van der Waals surface area (Å²) in [5.74, 6) is -0.0515. The van der Waals surface area contributed by atoms with E-state index in [1.165, 1.54) is 5.56 Å². The van der Waals surface area contributed by atoms with Gasteiger partial charge in [-0.15, -0.1) is 0 Å². The summed E-state index contributed by atoms with van der Waals surface area (Å²) >= 11 is 0. The molecule has 0 saturated heterocycles. The first-order valence-corrected chi connectivity index (χ1v) is 10.2. The molecule has 2 aromatic rings. The van der Waals surface area contributed by atoms with Gasteiger partial charge in [0.2, 0.25) is 15.9 Å². The number of carbonyl (C=O) groups excluding carboxylic acids is 1. The first-order chi connectivity index (χ1) is 12.2. The van der Waals surface area contributed by atoms with Crippen LogP contribution in [0.25, 0.3) is 0 Å². The van der Waals surface area contributed by atoms with Crippen molar-refractivity contribution in [2.45, 2.75) is 45.4 Å². The molecule has 26 heavy (non-hydrogen) atoms. The summed E-state index contributed by atoms with van der Waals surface area (Å²) in [6, 6.07) is 10.7. The third-order valence-corrected chi connectivity index (χ3v) is 5.71. The van der Waals surface area contributed by atoms with Crippen LogP contribution >= 0.6 is 0 Å². The summed E-state index contributed by atoms with van der Waals surface area (Å²) < 4.78 is 26.3. The Morgan fingerprint density at radius 1 is 1.00 bits per heavy atom. The van der Waals surface area contributed by atoms with E-state index in [0.29, 0.717) is 19.4 Å². The van der Waals surface area contributed by atoms with Gasteiger partial charge in [-0.1, -0.05) is 36.8 Å². The predicted molar refractivity (Wildman–Crippen MR) is 105 cm³/mol. The number of nitrogens with one attached hydrogen (secondary N) is 2. The van der Waals surface area contributed by atoms with Crippen molar-refractivity contribution in [1.82, 2.24) is 4.72 Å².